The lowest BCUT2D eigenvalue weighted by Gasteiger charge is -2.16. The third-order valence-corrected chi connectivity index (χ3v) is 6.13. The predicted molar refractivity (Wildman–Crippen MR) is 156 cm³/mol. The molecule has 0 saturated carbocycles. The summed E-state index contributed by atoms with van der Waals surface area (Å²) in [7, 11) is 5.10. The van der Waals surface area contributed by atoms with Crippen LogP contribution in [0.2, 0.25) is 0 Å². The molecule has 1 amide bonds. The first-order chi connectivity index (χ1) is 19.3. The van der Waals surface area contributed by atoms with E-state index in [4.69, 9.17) is 19.2 Å². The molecule has 0 fully saturated rings. The van der Waals surface area contributed by atoms with Gasteiger partial charge in [-0.15, -0.1) is 0 Å². The van der Waals surface area contributed by atoms with Gasteiger partial charge in [-0.05, 0) is 56.3 Å². The Labute approximate surface area is 233 Å². The van der Waals surface area contributed by atoms with Gasteiger partial charge in [-0.3, -0.25) is 9.78 Å². The van der Waals surface area contributed by atoms with Crippen LogP contribution in [0.15, 0.2) is 73.1 Å². The molecular formula is C30H32N6O4. The Balaban J connectivity index is 0.00000387. The summed E-state index contributed by atoms with van der Waals surface area (Å²) in [4.78, 5) is 25.1. The zero-order valence-electron chi connectivity index (χ0n) is 22.9. The lowest BCUT2D eigenvalue weighted by atomic mass is 10.1. The number of aromatic nitrogens is 4. The minimum Gasteiger partial charge on any atom is -0.490 e. The second-order valence-corrected chi connectivity index (χ2v) is 9.29. The topological polar surface area (TPSA) is 112 Å². The first kappa shape index (κ1) is 26.5. The molecule has 0 spiro atoms. The molecule has 40 heavy (non-hydrogen) atoms. The standard InChI is InChI=1S/C30H30N6O4.H2/c1-18(2)39-27-10-7-20(14-23(27)19-6-11-28(38-5)33-17-19)34-30-35-24-15-21(8-9-26(24)36(30)4)40-22-12-13-32-25(16-22)29(37)31-3;/h6-18H,1-5H3,(H,31,37)(H,34,35);1H. The fraction of sp³-hybridized carbons (Fsp3) is 0.200. The monoisotopic (exact) mass is 540 g/mol. The number of imidazole rings is 1. The van der Waals surface area contributed by atoms with E-state index in [1.165, 1.54) is 6.20 Å². The fourth-order valence-corrected chi connectivity index (χ4v) is 4.20. The van der Waals surface area contributed by atoms with Gasteiger partial charge >= 0.3 is 0 Å². The summed E-state index contributed by atoms with van der Waals surface area (Å²) in [5, 5.41) is 5.99. The highest BCUT2D eigenvalue weighted by molar-refractivity contribution is 5.92. The van der Waals surface area contributed by atoms with Gasteiger partial charge in [0.25, 0.3) is 5.91 Å². The van der Waals surface area contributed by atoms with Crippen LogP contribution in [0.3, 0.4) is 0 Å². The third kappa shape index (κ3) is 5.65. The summed E-state index contributed by atoms with van der Waals surface area (Å²) < 4.78 is 19.3. The van der Waals surface area contributed by atoms with Gasteiger partial charge in [0.05, 0.1) is 24.2 Å². The minimum absolute atomic E-state index is 0. The molecule has 0 atom stereocenters. The first-order valence-corrected chi connectivity index (χ1v) is 12.7. The summed E-state index contributed by atoms with van der Waals surface area (Å²) in [5.41, 5.74) is 4.60. The van der Waals surface area contributed by atoms with Crippen LogP contribution >= 0.6 is 0 Å². The number of methoxy groups -OCH3 is 1. The molecule has 0 bridgehead atoms. The van der Waals surface area contributed by atoms with Crippen LogP contribution < -0.4 is 24.8 Å². The number of nitrogens with one attached hydrogen (secondary N) is 2. The molecule has 0 radical (unpaired) electrons. The Morgan fingerprint density at radius 1 is 1.00 bits per heavy atom. The number of rotatable bonds is 9. The van der Waals surface area contributed by atoms with Gasteiger partial charge < -0.3 is 29.4 Å². The van der Waals surface area contributed by atoms with E-state index in [0.717, 1.165) is 33.6 Å². The molecule has 10 heteroatoms. The molecule has 2 N–H and O–H groups in total. The Hall–Kier alpha value is -5.12. The molecule has 206 valence electrons. The molecule has 0 unspecified atom stereocenters. The molecule has 3 aromatic heterocycles. The Morgan fingerprint density at radius 3 is 2.55 bits per heavy atom. The van der Waals surface area contributed by atoms with Crippen molar-refractivity contribution < 1.29 is 20.4 Å². The van der Waals surface area contributed by atoms with Crippen LogP contribution in [0.5, 0.6) is 23.1 Å². The van der Waals surface area contributed by atoms with Crippen LogP contribution in [0, 0.1) is 0 Å². The van der Waals surface area contributed by atoms with E-state index in [1.807, 2.05) is 74.0 Å². The molecule has 0 saturated heterocycles. The van der Waals surface area contributed by atoms with E-state index in [2.05, 4.69) is 20.6 Å². The Kier molecular flexibility index (Phi) is 7.50. The highest BCUT2D eigenvalue weighted by Gasteiger charge is 2.14. The zero-order chi connectivity index (χ0) is 28.2. The van der Waals surface area contributed by atoms with E-state index < -0.39 is 0 Å². The molecule has 3 heterocycles. The van der Waals surface area contributed by atoms with E-state index in [0.29, 0.717) is 23.3 Å². The van der Waals surface area contributed by atoms with Crippen molar-refractivity contribution in [2.45, 2.75) is 20.0 Å². The van der Waals surface area contributed by atoms with Crippen molar-refractivity contribution in [3.63, 3.8) is 0 Å². The van der Waals surface area contributed by atoms with Crippen LogP contribution in [-0.2, 0) is 7.05 Å². The number of pyridine rings is 2. The van der Waals surface area contributed by atoms with Gasteiger partial charge in [-0.2, -0.15) is 0 Å². The molecule has 0 aliphatic carbocycles. The predicted octanol–water partition coefficient (Wildman–Crippen LogP) is 5.97. The number of amides is 1. The maximum atomic E-state index is 11.9. The van der Waals surface area contributed by atoms with E-state index in [-0.39, 0.29) is 19.1 Å². The van der Waals surface area contributed by atoms with Crippen LogP contribution in [0.4, 0.5) is 11.6 Å². The van der Waals surface area contributed by atoms with E-state index >= 15 is 0 Å². The quantitative estimate of drug-likeness (QED) is 0.235. The van der Waals surface area contributed by atoms with Crippen molar-refractivity contribution in [3.8, 4) is 34.3 Å². The molecule has 5 aromatic rings. The average molecular weight is 541 g/mol. The number of carbonyl (C=O) groups excluding carboxylic acids is 1. The van der Waals surface area contributed by atoms with Gasteiger partial charge in [-0.25, -0.2) is 9.97 Å². The number of carbonyl (C=O) groups is 1. The van der Waals surface area contributed by atoms with Crippen molar-refractivity contribution >= 4 is 28.6 Å². The highest BCUT2D eigenvalue weighted by Crippen LogP contribution is 2.35. The van der Waals surface area contributed by atoms with Gasteiger partial charge in [0, 0.05) is 62.9 Å². The molecule has 10 nitrogen and oxygen atoms in total. The number of hydrogen-bond acceptors (Lipinski definition) is 8. The summed E-state index contributed by atoms with van der Waals surface area (Å²) in [6.45, 7) is 3.99. The average Bonchev–Trinajstić information content (AvgIpc) is 3.27. The van der Waals surface area contributed by atoms with Crippen molar-refractivity contribution in [2.75, 3.05) is 19.5 Å². The van der Waals surface area contributed by atoms with Crippen molar-refractivity contribution in [3.05, 3.63) is 78.8 Å². The number of fused-ring (bicyclic) bond motifs is 1. The SMILES string of the molecule is CNC(=O)c1cc(Oc2ccc3c(c2)nc(Nc2ccc(OC(C)C)c(-c4ccc(OC)nc4)c2)n3C)ccn1.[HH]. The molecular weight excluding hydrogens is 508 g/mol. The van der Waals surface area contributed by atoms with Gasteiger partial charge in [0.15, 0.2) is 0 Å². The van der Waals surface area contributed by atoms with E-state index in [1.54, 1.807) is 32.5 Å². The lowest BCUT2D eigenvalue weighted by molar-refractivity contribution is 0.0958. The first-order valence-electron chi connectivity index (χ1n) is 12.7. The summed E-state index contributed by atoms with van der Waals surface area (Å²) in [5.74, 6) is 2.78. The van der Waals surface area contributed by atoms with Gasteiger partial charge in [-0.1, -0.05) is 0 Å². The number of benzene rings is 2. The minimum atomic E-state index is -0.281. The smallest absolute Gasteiger partial charge is 0.269 e. The largest absolute Gasteiger partial charge is 0.490 e. The summed E-state index contributed by atoms with van der Waals surface area (Å²) in [6.07, 6.45) is 3.32. The normalized spacial score (nSPS) is 10.9. The summed E-state index contributed by atoms with van der Waals surface area (Å²) >= 11 is 0. The van der Waals surface area contributed by atoms with Gasteiger partial charge in [0.2, 0.25) is 11.8 Å². The summed E-state index contributed by atoms with van der Waals surface area (Å²) in [6, 6.07) is 18.6. The number of nitrogens with zero attached hydrogens (tertiary/aromatic N) is 4. The second kappa shape index (κ2) is 11.3. The Bertz CT molecular complexity index is 1670. The Morgan fingerprint density at radius 2 is 1.82 bits per heavy atom. The maximum Gasteiger partial charge on any atom is 0.269 e. The zero-order valence-corrected chi connectivity index (χ0v) is 22.9. The van der Waals surface area contributed by atoms with E-state index in [9.17, 15) is 4.79 Å². The van der Waals surface area contributed by atoms with Crippen molar-refractivity contribution in [1.82, 2.24) is 24.8 Å². The molecule has 2 aromatic carbocycles. The third-order valence-electron chi connectivity index (χ3n) is 6.13. The molecule has 0 aliphatic rings. The second-order valence-electron chi connectivity index (χ2n) is 9.29. The number of ether oxygens (including phenoxy) is 3. The molecule has 0 aliphatic heterocycles. The highest BCUT2D eigenvalue weighted by atomic mass is 16.5. The number of aryl methyl sites for hydroxylation is 1. The number of anilines is 2. The molecule has 5 rings (SSSR count). The van der Waals surface area contributed by atoms with Crippen LogP contribution in [0.1, 0.15) is 25.8 Å². The fourth-order valence-electron chi connectivity index (χ4n) is 4.20. The maximum absolute atomic E-state index is 11.9. The van der Waals surface area contributed by atoms with Crippen LogP contribution in [-0.4, -0.2) is 45.7 Å². The lowest BCUT2D eigenvalue weighted by Crippen LogP contribution is -2.18. The van der Waals surface area contributed by atoms with Crippen molar-refractivity contribution in [1.29, 1.82) is 0 Å². The van der Waals surface area contributed by atoms with Crippen LogP contribution in [0.25, 0.3) is 22.2 Å². The number of hydrogen-bond donors (Lipinski definition) is 2. The van der Waals surface area contributed by atoms with Crippen molar-refractivity contribution in [2.24, 2.45) is 7.05 Å². The van der Waals surface area contributed by atoms with Gasteiger partial charge in [0.1, 0.15) is 22.9 Å².